The summed E-state index contributed by atoms with van der Waals surface area (Å²) in [6.45, 7) is 3.98. The number of rotatable bonds is 4. The van der Waals surface area contributed by atoms with Crippen molar-refractivity contribution in [3.8, 4) is 0 Å². The molecule has 1 fully saturated rings. The first-order chi connectivity index (χ1) is 11.7. The maximum atomic E-state index is 12.3. The van der Waals surface area contributed by atoms with Crippen LogP contribution in [0.4, 0.5) is 11.4 Å². The molecule has 1 saturated heterocycles. The minimum absolute atomic E-state index is 0.0832. The van der Waals surface area contributed by atoms with Crippen LogP contribution in [-0.4, -0.2) is 32.2 Å². The second-order valence-corrected chi connectivity index (χ2v) is 6.31. The summed E-state index contributed by atoms with van der Waals surface area (Å²) in [7, 11) is 1.78. The minimum Gasteiger partial charge on any atom is -0.380 e. The molecule has 1 heterocycles. The average molecular weight is 324 g/mol. The summed E-state index contributed by atoms with van der Waals surface area (Å²) in [5, 5.41) is 2.95. The Balaban J connectivity index is 1.64. The van der Waals surface area contributed by atoms with Crippen molar-refractivity contribution in [2.75, 3.05) is 30.4 Å². The minimum atomic E-state index is -0.0832. The predicted octanol–water partition coefficient (Wildman–Crippen LogP) is 3.86. The van der Waals surface area contributed by atoms with Crippen LogP contribution >= 0.6 is 0 Å². The number of carbonyl (C=O) groups is 1. The van der Waals surface area contributed by atoms with Crippen molar-refractivity contribution < 1.29 is 9.53 Å². The third-order valence-electron chi connectivity index (χ3n) is 4.52. The van der Waals surface area contributed by atoms with E-state index in [4.69, 9.17) is 4.74 Å². The Bertz CT molecular complexity index is 680. The Kier molecular flexibility index (Phi) is 5.16. The van der Waals surface area contributed by atoms with Gasteiger partial charge in [0.2, 0.25) is 0 Å². The number of methoxy groups -OCH3 is 1. The van der Waals surface area contributed by atoms with Gasteiger partial charge in [0.25, 0.3) is 5.91 Å². The van der Waals surface area contributed by atoms with Crippen LogP contribution in [0.3, 0.4) is 0 Å². The highest BCUT2D eigenvalue weighted by atomic mass is 16.5. The number of benzene rings is 2. The summed E-state index contributed by atoms with van der Waals surface area (Å²) < 4.78 is 5.48. The molecule has 1 unspecified atom stereocenters. The summed E-state index contributed by atoms with van der Waals surface area (Å²) in [5.41, 5.74) is 3.80. The van der Waals surface area contributed by atoms with Crippen LogP contribution in [0.2, 0.25) is 0 Å². The van der Waals surface area contributed by atoms with E-state index < -0.39 is 0 Å². The molecular weight excluding hydrogens is 300 g/mol. The molecular formula is C20H24N2O2. The molecule has 0 aromatic heterocycles. The number of amides is 1. The molecule has 2 aromatic rings. The van der Waals surface area contributed by atoms with Gasteiger partial charge in [-0.05, 0) is 56.2 Å². The second-order valence-electron chi connectivity index (χ2n) is 6.31. The van der Waals surface area contributed by atoms with Gasteiger partial charge in [-0.15, -0.1) is 0 Å². The van der Waals surface area contributed by atoms with Gasteiger partial charge in [0.05, 0.1) is 6.10 Å². The first-order valence-electron chi connectivity index (χ1n) is 8.41. The zero-order chi connectivity index (χ0) is 16.9. The standard InChI is InChI=1S/C20H24N2O2/c1-15-5-7-16(8-6-15)20(23)21-17-9-11-18(12-10-17)22-13-3-4-19(14-22)24-2/h5-12,19H,3-4,13-14H2,1-2H3,(H,21,23). The predicted molar refractivity (Wildman–Crippen MR) is 97.8 cm³/mol. The molecule has 126 valence electrons. The topological polar surface area (TPSA) is 41.6 Å². The van der Waals surface area contributed by atoms with E-state index in [1.54, 1.807) is 7.11 Å². The molecule has 2 aromatic carbocycles. The van der Waals surface area contributed by atoms with E-state index in [2.05, 4.69) is 22.3 Å². The van der Waals surface area contributed by atoms with E-state index in [9.17, 15) is 4.79 Å². The maximum absolute atomic E-state index is 12.3. The molecule has 0 aliphatic carbocycles. The van der Waals surface area contributed by atoms with E-state index in [1.165, 1.54) is 5.69 Å². The lowest BCUT2D eigenvalue weighted by atomic mass is 10.1. The second kappa shape index (κ2) is 7.49. The fourth-order valence-corrected chi connectivity index (χ4v) is 3.03. The number of anilines is 2. The molecule has 0 bridgehead atoms. The van der Waals surface area contributed by atoms with Crippen molar-refractivity contribution in [3.05, 3.63) is 59.7 Å². The first-order valence-corrected chi connectivity index (χ1v) is 8.41. The smallest absolute Gasteiger partial charge is 0.255 e. The first kappa shape index (κ1) is 16.5. The molecule has 0 radical (unpaired) electrons. The van der Waals surface area contributed by atoms with E-state index in [-0.39, 0.29) is 5.91 Å². The van der Waals surface area contributed by atoms with Crippen LogP contribution in [0.25, 0.3) is 0 Å². The monoisotopic (exact) mass is 324 g/mol. The van der Waals surface area contributed by atoms with E-state index in [0.717, 1.165) is 37.2 Å². The number of ether oxygens (including phenoxy) is 1. The van der Waals surface area contributed by atoms with Gasteiger partial charge in [-0.2, -0.15) is 0 Å². The van der Waals surface area contributed by atoms with Gasteiger partial charge in [0.15, 0.2) is 0 Å². The Morgan fingerprint density at radius 2 is 1.83 bits per heavy atom. The zero-order valence-corrected chi connectivity index (χ0v) is 14.3. The van der Waals surface area contributed by atoms with Crippen LogP contribution in [0.5, 0.6) is 0 Å². The number of hydrogen-bond donors (Lipinski definition) is 1. The zero-order valence-electron chi connectivity index (χ0n) is 14.3. The maximum Gasteiger partial charge on any atom is 0.255 e. The molecule has 1 amide bonds. The van der Waals surface area contributed by atoms with Crippen LogP contribution < -0.4 is 10.2 Å². The lowest BCUT2D eigenvalue weighted by Gasteiger charge is -2.33. The summed E-state index contributed by atoms with van der Waals surface area (Å²) >= 11 is 0. The SMILES string of the molecule is COC1CCCN(c2ccc(NC(=O)c3ccc(C)cc3)cc2)C1. The molecule has 0 saturated carbocycles. The Morgan fingerprint density at radius 3 is 2.50 bits per heavy atom. The summed E-state index contributed by atoms with van der Waals surface area (Å²) in [6.07, 6.45) is 2.57. The molecule has 1 N–H and O–H groups in total. The van der Waals surface area contributed by atoms with Gasteiger partial charge in [-0.25, -0.2) is 0 Å². The highest BCUT2D eigenvalue weighted by Gasteiger charge is 2.19. The Labute approximate surface area is 143 Å². The van der Waals surface area contributed by atoms with Crippen LogP contribution in [0.1, 0.15) is 28.8 Å². The fraction of sp³-hybridized carbons (Fsp3) is 0.350. The van der Waals surface area contributed by atoms with Gasteiger partial charge in [-0.1, -0.05) is 17.7 Å². The van der Waals surface area contributed by atoms with E-state index >= 15 is 0 Å². The number of nitrogens with zero attached hydrogens (tertiary/aromatic N) is 1. The Hall–Kier alpha value is -2.33. The van der Waals surface area contributed by atoms with E-state index in [0.29, 0.717) is 11.7 Å². The third-order valence-corrected chi connectivity index (χ3v) is 4.52. The highest BCUT2D eigenvalue weighted by molar-refractivity contribution is 6.04. The Morgan fingerprint density at radius 1 is 1.12 bits per heavy atom. The molecule has 4 heteroatoms. The number of piperidine rings is 1. The van der Waals surface area contributed by atoms with Gasteiger partial charge >= 0.3 is 0 Å². The normalized spacial score (nSPS) is 17.6. The lowest BCUT2D eigenvalue weighted by Crippen LogP contribution is -2.39. The average Bonchev–Trinajstić information content (AvgIpc) is 2.63. The molecule has 1 aliphatic heterocycles. The van der Waals surface area contributed by atoms with Crippen molar-refractivity contribution >= 4 is 17.3 Å². The van der Waals surface area contributed by atoms with Crippen molar-refractivity contribution in [2.45, 2.75) is 25.9 Å². The fourth-order valence-electron chi connectivity index (χ4n) is 3.03. The number of hydrogen-bond acceptors (Lipinski definition) is 3. The largest absolute Gasteiger partial charge is 0.380 e. The number of nitrogens with one attached hydrogen (secondary N) is 1. The van der Waals surface area contributed by atoms with Crippen molar-refractivity contribution in [1.29, 1.82) is 0 Å². The molecule has 4 nitrogen and oxygen atoms in total. The van der Waals surface area contributed by atoms with Gasteiger partial charge < -0.3 is 15.0 Å². The number of carbonyl (C=O) groups excluding carboxylic acids is 1. The van der Waals surface area contributed by atoms with Crippen molar-refractivity contribution in [2.24, 2.45) is 0 Å². The molecule has 3 rings (SSSR count). The van der Waals surface area contributed by atoms with Gasteiger partial charge in [0.1, 0.15) is 0 Å². The van der Waals surface area contributed by atoms with Gasteiger partial charge in [0, 0.05) is 37.1 Å². The summed E-state index contributed by atoms with van der Waals surface area (Å²) in [5.74, 6) is -0.0832. The molecule has 0 spiro atoms. The molecule has 24 heavy (non-hydrogen) atoms. The lowest BCUT2D eigenvalue weighted by molar-refractivity contribution is 0.0893. The van der Waals surface area contributed by atoms with Crippen molar-refractivity contribution in [1.82, 2.24) is 0 Å². The van der Waals surface area contributed by atoms with E-state index in [1.807, 2.05) is 43.3 Å². The number of aryl methyl sites for hydroxylation is 1. The van der Waals surface area contributed by atoms with Crippen LogP contribution in [0.15, 0.2) is 48.5 Å². The third kappa shape index (κ3) is 3.95. The van der Waals surface area contributed by atoms with Crippen LogP contribution in [-0.2, 0) is 4.74 Å². The highest BCUT2D eigenvalue weighted by Crippen LogP contribution is 2.23. The van der Waals surface area contributed by atoms with Crippen molar-refractivity contribution in [3.63, 3.8) is 0 Å². The summed E-state index contributed by atoms with van der Waals surface area (Å²) in [4.78, 5) is 14.6. The molecule has 1 aliphatic rings. The van der Waals surface area contributed by atoms with Crippen LogP contribution in [0, 0.1) is 6.92 Å². The quantitative estimate of drug-likeness (QED) is 0.928. The summed E-state index contributed by atoms with van der Waals surface area (Å²) in [6, 6.07) is 15.6. The molecule has 1 atom stereocenters. The van der Waals surface area contributed by atoms with Gasteiger partial charge in [-0.3, -0.25) is 4.79 Å².